The van der Waals surface area contributed by atoms with Crippen molar-refractivity contribution in [2.75, 3.05) is 7.05 Å². The van der Waals surface area contributed by atoms with Crippen molar-refractivity contribution in [3.8, 4) is 5.69 Å². The summed E-state index contributed by atoms with van der Waals surface area (Å²) in [5.41, 5.74) is 2.45. The van der Waals surface area contributed by atoms with Crippen molar-refractivity contribution < 1.29 is 9.72 Å². The van der Waals surface area contributed by atoms with Crippen molar-refractivity contribution in [3.05, 3.63) is 69.8 Å². The van der Waals surface area contributed by atoms with Gasteiger partial charge in [0.1, 0.15) is 17.9 Å². The molecule has 0 N–H and O–H groups in total. The Bertz CT molecular complexity index is 976. The smallest absolute Gasteiger partial charge is 0.312 e. The number of hydrogen-bond donors (Lipinski definition) is 0. The summed E-state index contributed by atoms with van der Waals surface area (Å²) in [6.07, 6.45) is 3.58. The Hall–Kier alpha value is -3.49. The highest BCUT2D eigenvalue weighted by atomic mass is 16.6. The van der Waals surface area contributed by atoms with E-state index >= 15 is 0 Å². The average Bonchev–Trinajstić information content (AvgIpc) is 3.20. The minimum Gasteiger partial charge on any atom is -0.340 e. The topological polar surface area (TPSA) is 99.1 Å². The Labute approximate surface area is 156 Å². The molecule has 3 rings (SSSR count). The third-order valence-corrected chi connectivity index (χ3v) is 4.31. The van der Waals surface area contributed by atoms with Crippen molar-refractivity contribution in [2.45, 2.75) is 26.9 Å². The number of nitro groups is 1. The van der Waals surface area contributed by atoms with Gasteiger partial charge in [0.2, 0.25) is 5.91 Å². The van der Waals surface area contributed by atoms with Crippen LogP contribution in [0.5, 0.6) is 0 Å². The van der Waals surface area contributed by atoms with Crippen molar-refractivity contribution in [1.82, 2.24) is 24.5 Å². The molecular formula is C18H20N6O3. The van der Waals surface area contributed by atoms with Crippen molar-refractivity contribution in [3.63, 3.8) is 0 Å². The van der Waals surface area contributed by atoms with Crippen LogP contribution in [0.15, 0.2) is 42.7 Å². The van der Waals surface area contributed by atoms with E-state index < -0.39 is 4.92 Å². The van der Waals surface area contributed by atoms with E-state index in [-0.39, 0.29) is 18.1 Å². The molecule has 9 nitrogen and oxygen atoms in total. The van der Waals surface area contributed by atoms with E-state index in [4.69, 9.17) is 0 Å². The van der Waals surface area contributed by atoms with Crippen LogP contribution in [0, 0.1) is 24.0 Å². The van der Waals surface area contributed by atoms with E-state index in [1.165, 1.54) is 4.68 Å². The summed E-state index contributed by atoms with van der Waals surface area (Å²) in [5, 5.41) is 19.5. The van der Waals surface area contributed by atoms with Gasteiger partial charge in [0.15, 0.2) is 0 Å². The maximum atomic E-state index is 12.5. The zero-order valence-corrected chi connectivity index (χ0v) is 15.4. The lowest BCUT2D eigenvalue weighted by Gasteiger charge is -2.16. The van der Waals surface area contributed by atoms with Gasteiger partial charge in [-0.1, -0.05) is 18.2 Å². The summed E-state index contributed by atoms with van der Waals surface area (Å²) < 4.78 is 3.12. The standard InChI is InChI=1S/C18H20N6O3/c1-13-18(24(26)27)14(2)22(20-13)12-17(25)21(3)10-15-9-19-23(11-15)16-7-5-4-6-8-16/h4-9,11H,10,12H2,1-3H3. The van der Waals surface area contributed by atoms with Crippen LogP contribution < -0.4 is 0 Å². The van der Waals surface area contributed by atoms with Crippen LogP contribution in [0.1, 0.15) is 17.0 Å². The Morgan fingerprint density at radius 3 is 2.59 bits per heavy atom. The molecule has 0 fully saturated rings. The van der Waals surface area contributed by atoms with Crippen LogP contribution in [0.3, 0.4) is 0 Å². The highest BCUT2D eigenvalue weighted by Gasteiger charge is 2.23. The summed E-state index contributed by atoms with van der Waals surface area (Å²) in [7, 11) is 1.68. The van der Waals surface area contributed by atoms with E-state index in [2.05, 4.69) is 10.2 Å². The number of aryl methyl sites for hydroxylation is 1. The van der Waals surface area contributed by atoms with Crippen LogP contribution in [-0.2, 0) is 17.9 Å². The SMILES string of the molecule is Cc1nn(CC(=O)N(C)Cc2cnn(-c3ccccc3)c2)c(C)c1[N+](=O)[O-]. The molecule has 2 aromatic heterocycles. The van der Waals surface area contributed by atoms with Gasteiger partial charge in [-0.15, -0.1) is 0 Å². The summed E-state index contributed by atoms with van der Waals surface area (Å²) in [5.74, 6) is -0.192. The third-order valence-electron chi connectivity index (χ3n) is 4.31. The quantitative estimate of drug-likeness (QED) is 0.491. The largest absolute Gasteiger partial charge is 0.340 e. The third kappa shape index (κ3) is 3.86. The monoisotopic (exact) mass is 368 g/mol. The van der Waals surface area contributed by atoms with Gasteiger partial charge in [-0.25, -0.2) is 4.68 Å². The molecule has 0 aliphatic carbocycles. The lowest BCUT2D eigenvalue weighted by atomic mass is 10.3. The van der Waals surface area contributed by atoms with Gasteiger partial charge in [0, 0.05) is 25.4 Å². The van der Waals surface area contributed by atoms with Gasteiger partial charge in [-0.3, -0.25) is 19.6 Å². The molecule has 3 aromatic rings. The number of hydrogen-bond acceptors (Lipinski definition) is 5. The molecule has 0 saturated heterocycles. The zero-order valence-electron chi connectivity index (χ0n) is 15.4. The first kappa shape index (κ1) is 18.3. The van der Waals surface area contributed by atoms with Crippen molar-refractivity contribution in [1.29, 1.82) is 0 Å². The van der Waals surface area contributed by atoms with Gasteiger partial charge in [-0.05, 0) is 26.0 Å². The molecule has 1 amide bonds. The van der Waals surface area contributed by atoms with Gasteiger partial charge < -0.3 is 4.90 Å². The summed E-state index contributed by atoms with van der Waals surface area (Å²) in [4.78, 5) is 24.7. The van der Waals surface area contributed by atoms with Crippen LogP contribution in [-0.4, -0.2) is 42.3 Å². The molecule has 0 aliphatic heterocycles. The van der Waals surface area contributed by atoms with E-state index in [0.29, 0.717) is 17.9 Å². The van der Waals surface area contributed by atoms with E-state index in [9.17, 15) is 14.9 Å². The minimum absolute atomic E-state index is 0.0467. The number of nitrogens with zero attached hydrogens (tertiary/aromatic N) is 6. The number of benzene rings is 1. The predicted molar refractivity (Wildman–Crippen MR) is 98.4 cm³/mol. The fourth-order valence-corrected chi connectivity index (χ4v) is 2.88. The number of carbonyl (C=O) groups excluding carboxylic acids is 1. The maximum absolute atomic E-state index is 12.5. The normalized spacial score (nSPS) is 10.8. The molecule has 0 saturated carbocycles. The molecule has 0 aliphatic rings. The summed E-state index contributed by atoms with van der Waals surface area (Å²) in [6, 6.07) is 9.69. The Balaban J connectivity index is 1.68. The van der Waals surface area contributed by atoms with E-state index in [0.717, 1.165) is 11.3 Å². The first-order valence-electron chi connectivity index (χ1n) is 8.38. The number of para-hydroxylation sites is 1. The van der Waals surface area contributed by atoms with E-state index in [1.807, 2.05) is 36.5 Å². The Kier molecular flexibility index (Phi) is 5.02. The molecule has 1 aromatic carbocycles. The lowest BCUT2D eigenvalue weighted by Crippen LogP contribution is -2.30. The van der Waals surface area contributed by atoms with E-state index in [1.54, 1.807) is 36.7 Å². The molecule has 0 radical (unpaired) electrons. The summed E-state index contributed by atoms with van der Waals surface area (Å²) >= 11 is 0. The minimum atomic E-state index is -0.472. The molecule has 27 heavy (non-hydrogen) atoms. The highest BCUT2D eigenvalue weighted by molar-refractivity contribution is 5.75. The summed E-state index contributed by atoms with van der Waals surface area (Å²) in [6.45, 7) is 3.49. The molecule has 0 bridgehead atoms. The van der Waals surface area contributed by atoms with Crippen molar-refractivity contribution >= 4 is 11.6 Å². The average molecular weight is 368 g/mol. The predicted octanol–water partition coefficient (Wildman–Crippen LogP) is 2.25. The number of amides is 1. The fourth-order valence-electron chi connectivity index (χ4n) is 2.88. The second kappa shape index (κ2) is 7.40. The molecule has 2 heterocycles. The van der Waals surface area contributed by atoms with Crippen LogP contribution in [0.25, 0.3) is 5.69 Å². The first-order valence-corrected chi connectivity index (χ1v) is 8.38. The van der Waals surface area contributed by atoms with Gasteiger partial charge >= 0.3 is 5.69 Å². The second-order valence-electron chi connectivity index (χ2n) is 6.31. The molecule has 0 unspecified atom stereocenters. The molecular weight excluding hydrogens is 348 g/mol. The molecule has 0 atom stereocenters. The number of aromatic nitrogens is 4. The number of likely N-dealkylation sites (N-methyl/N-ethyl adjacent to an activating group) is 1. The van der Waals surface area contributed by atoms with Crippen molar-refractivity contribution in [2.24, 2.45) is 0 Å². The van der Waals surface area contributed by atoms with Gasteiger partial charge in [-0.2, -0.15) is 10.2 Å². The van der Waals surface area contributed by atoms with Crippen LogP contribution >= 0.6 is 0 Å². The molecule has 0 spiro atoms. The number of rotatable bonds is 6. The van der Waals surface area contributed by atoms with Gasteiger partial charge in [0.25, 0.3) is 0 Å². The Morgan fingerprint density at radius 2 is 1.96 bits per heavy atom. The van der Waals surface area contributed by atoms with Gasteiger partial charge in [0.05, 0.1) is 16.8 Å². The lowest BCUT2D eigenvalue weighted by molar-refractivity contribution is -0.386. The maximum Gasteiger partial charge on any atom is 0.312 e. The van der Waals surface area contributed by atoms with Crippen LogP contribution in [0.4, 0.5) is 5.69 Å². The Morgan fingerprint density at radius 1 is 1.26 bits per heavy atom. The fraction of sp³-hybridized carbons (Fsp3) is 0.278. The first-order chi connectivity index (χ1) is 12.9. The number of carbonyl (C=O) groups is 1. The van der Waals surface area contributed by atoms with Crippen LogP contribution in [0.2, 0.25) is 0 Å². The highest BCUT2D eigenvalue weighted by Crippen LogP contribution is 2.21. The molecule has 140 valence electrons. The zero-order chi connectivity index (χ0) is 19.6. The second-order valence-corrected chi connectivity index (χ2v) is 6.31. The molecule has 9 heteroatoms.